The molecule has 0 fully saturated rings. The number of hydrogen-bond donors (Lipinski definition) is 1. The highest BCUT2D eigenvalue weighted by Crippen LogP contribution is 2.35. The molecule has 0 spiro atoms. The van der Waals surface area contributed by atoms with Crippen molar-refractivity contribution < 1.29 is 14.3 Å². The van der Waals surface area contributed by atoms with Gasteiger partial charge >= 0.3 is 0 Å². The molecule has 0 unspecified atom stereocenters. The number of hydrogen-bond acceptors (Lipinski definition) is 7. The lowest BCUT2D eigenvalue weighted by molar-refractivity contribution is -0.113. The van der Waals surface area contributed by atoms with Crippen LogP contribution >= 0.6 is 23.1 Å². The number of nitrogens with zero attached hydrogens (tertiary/aromatic N) is 3. The number of nitrogens with one attached hydrogen (secondary N) is 1. The Bertz CT molecular complexity index is 999. The fraction of sp³-hybridized carbons (Fsp3) is 0.316. The highest BCUT2D eigenvalue weighted by Gasteiger charge is 2.17. The number of aryl methyl sites for hydroxylation is 1. The lowest BCUT2D eigenvalue weighted by Gasteiger charge is -2.19. The summed E-state index contributed by atoms with van der Waals surface area (Å²) >= 11 is 2.84. The second-order valence-corrected chi connectivity index (χ2v) is 7.96. The molecule has 0 saturated heterocycles. The van der Waals surface area contributed by atoms with Crippen molar-refractivity contribution in [3.63, 3.8) is 0 Å². The molecule has 9 heteroatoms. The minimum atomic E-state index is -0.0918. The standard InChI is InChI=1S/C19H20N4O3S2/c1-3-23-14(13-4-5-15-16(8-13)26-7-6-25-15)9-20-19(23)28-11-17(24)22-18-21-12(2)10-27-18/h4-5,8-10H,3,6-7,11H2,1-2H3,(H,21,22,24). The Hall–Kier alpha value is -2.52. The predicted octanol–water partition coefficient (Wildman–Crippen LogP) is 3.84. The molecule has 0 saturated carbocycles. The summed E-state index contributed by atoms with van der Waals surface area (Å²) in [6.45, 7) is 5.84. The van der Waals surface area contributed by atoms with Crippen molar-refractivity contribution in [2.24, 2.45) is 0 Å². The molecule has 0 radical (unpaired) electrons. The van der Waals surface area contributed by atoms with Gasteiger partial charge in [0.1, 0.15) is 13.2 Å². The van der Waals surface area contributed by atoms with Gasteiger partial charge in [-0.25, -0.2) is 9.97 Å². The number of ether oxygens (including phenoxy) is 2. The van der Waals surface area contributed by atoms with Crippen LogP contribution in [0.15, 0.2) is 34.9 Å². The summed E-state index contributed by atoms with van der Waals surface area (Å²) in [5.41, 5.74) is 2.89. The Kier molecular flexibility index (Phi) is 5.54. The molecule has 1 amide bonds. The zero-order valence-electron chi connectivity index (χ0n) is 15.6. The van der Waals surface area contributed by atoms with E-state index in [1.54, 1.807) is 0 Å². The molecule has 0 atom stereocenters. The Morgan fingerprint density at radius 2 is 2.14 bits per heavy atom. The summed E-state index contributed by atoms with van der Waals surface area (Å²) < 4.78 is 13.4. The van der Waals surface area contributed by atoms with Gasteiger partial charge in [0.05, 0.1) is 23.3 Å². The average molecular weight is 417 g/mol. The maximum absolute atomic E-state index is 12.2. The van der Waals surface area contributed by atoms with E-state index >= 15 is 0 Å². The van der Waals surface area contributed by atoms with Crippen molar-refractivity contribution in [1.82, 2.24) is 14.5 Å². The van der Waals surface area contributed by atoms with E-state index in [2.05, 4.69) is 26.8 Å². The number of carbonyl (C=O) groups excluding carboxylic acids is 1. The smallest absolute Gasteiger partial charge is 0.236 e. The molecule has 0 aliphatic carbocycles. The first-order chi connectivity index (χ1) is 13.6. The first-order valence-corrected chi connectivity index (χ1v) is 10.8. The van der Waals surface area contributed by atoms with Crippen LogP contribution < -0.4 is 14.8 Å². The van der Waals surface area contributed by atoms with Gasteiger partial charge in [0.2, 0.25) is 5.91 Å². The highest BCUT2D eigenvalue weighted by atomic mass is 32.2. The van der Waals surface area contributed by atoms with Crippen molar-refractivity contribution in [2.75, 3.05) is 24.3 Å². The molecular weight excluding hydrogens is 396 g/mol. The Labute approximate surface area is 171 Å². The van der Waals surface area contributed by atoms with E-state index in [1.165, 1.54) is 23.1 Å². The SMILES string of the molecule is CCn1c(-c2ccc3c(c2)OCCO3)cnc1SCC(=O)Nc1nc(C)cs1. The number of thiazole rings is 1. The number of anilines is 1. The van der Waals surface area contributed by atoms with Gasteiger partial charge in [0.15, 0.2) is 21.8 Å². The summed E-state index contributed by atoms with van der Waals surface area (Å²) in [7, 11) is 0. The van der Waals surface area contributed by atoms with Gasteiger partial charge in [-0.2, -0.15) is 0 Å². The number of imidazole rings is 1. The summed E-state index contributed by atoms with van der Waals surface area (Å²) in [5.74, 6) is 1.70. The molecule has 7 nitrogen and oxygen atoms in total. The third-order valence-corrected chi connectivity index (χ3v) is 6.04. The number of rotatable bonds is 6. The lowest BCUT2D eigenvalue weighted by Crippen LogP contribution is -2.15. The number of amides is 1. The molecule has 1 aromatic carbocycles. The van der Waals surface area contributed by atoms with Crippen molar-refractivity contribution in [1.29, 1.82) is 0 Å². The van der Waals surface area contributed by atoms with Gasteiger partial charge in [0.25, 0.3) is 0 Å². The van der Waals surface area contributed by atoms with E-state index < -0.39 is 0 Å². The first-order valence-electron chi connectivity index (χ1n) is 8.94. The molecule has 2 aromatic heterocycles. The predicted molar refractivity (Wildman–Crippen MR) is 111 cm³/mol. The molecule has 4 rings (SSSR count). The fourth-order valence-electron chi connectivity index (χ4n) is 2.91. The first kappa shape index (κ1) is 18.8. The Morgan fingerprint density at radius 1 is 1.32 bits per heavy atom. The van der Waals surface area contributed by atoms with Crippen molar-refractivity contribution in [2.45, 2.75) is 25.5 Å². The van der Waals surface area contributed by atoms with E-state index in [0.29, 0.717) is 18.3 Å². The Balaban J connectivity index is 1.47. The van der Waals surface area contributed by atoms with Crippen LogP contribution in [0.5, 0.6) is 11.5 Å². The van der Waals surface area contributed by atoms with Crippen LogP contribution in [0.1, 0.15) is 12.6 Å². The van der Waals surface area contributed by atoms with Crippen LogP contribution in [0.4, 0.5) is 5.13 Å². The minimum absolute atomic E-state index is 0.0918. The number of benzene rings is 1. The summed E-state index contributed by atoms with van der Waals surface area (Å²) in [5, 5.41) is 6.16. The Morgan fingerprint density at radius 3 is 2.89 bits per heavy atom. The average Bonchev–Trinajstić information content (AvgIpc) is 3.31. The molecular formula is C19H20N4O3S2. The summed E-state index contributed by atoms with van der Waals surface area (Å²) in [6.07, 6.45) is 1.83. The molecule has 1 aliphatic rings. The normalized spacial score (nSPS) is 12.8. The number of fused-ring (bicyclic) bond motifs is 1. The van der Waals surface area contributed by atoms with Gasteiger partial charge in [-0.15, -0.1) is 11.3 Å². The second-order valence-electron chi connectivity index (χ2n) is 6.16. The van der Waals surface area contributed by atoms with E-state index in [0.717, 1.165) is 40.2 Å². The van der Waals surface area contributed by atoms with E-state index in [1.807, 2.05) is 36.7 Å². The quantitative estimate of drug-likeness (QED) is 0.615. The molecule has 28 heavy (non-hydrogen) atoms. The van der Waals surface area contributed by atoms with Crippen LogP contribution in [-0.4, -0.2) is 39.4 Å². The van der Waals surface area contributed by atoms with Gasteiger partial charge in [-0.05, 0) is 32.0 Å². The van der Waals surface area contributed by atoms with Gasteiger partial charge < -0.3 is 19.4 Å². The molecule has 1 N–H and O–H groups in total. The molecule has 3 aromatic rings. The molecule has 146 valence electrons. The molecule has 0 bridgehead atoms. The molecule has 1 aliphatic heterocycles. The van der Waals surface area contributed by atoms with Gasteiger partial charge in [-0.3, -0.25) is 4.79 Å². The van der Waals surface area contributed by atoms with Crippen LogP contribution in [-0.2, 0) is 11.3 Å². The monoisotopic (exact) mass is 416 g/mol. The number of thioether (sulfide) groups is 1. The van der Waals surface area contributed by atoms with Crippen molar-refractivity contribution >= 4 is 34.1 Å². The van der Waals surface area contributed by atoms with E-state index in [-0.39, 0.29) is 11.7 Å². The topological polar surface area (TPSA) is 78.3 Å². The van der Waals surface area contributed by atoms with Crippen molar-refractivity contribution in [3.05, 3.63) is 35.5 Å². The van der Waals surface area contributed by atoms with Crippen molar-refractivity contribution in [3.8, 4) is 22.8 Å². The largest absolute Gasteiger partial charge is 0.486 e. The number of aromatic nitrogens is 3. The van der Waals surface area contributed by atoms with Gasteiger partial charge in [-0.1, -0.05) is 11.8 Å². The van der Waals surface area contributed by atoms with Crippen LogP contribution in [0, 0.1) is 6.92 Å². The lowest BCUT2D eigenvalue weighted by atomic mass is 10.1. The highest BCUT2D eigenvalue weighted by molar-refractivity contribution is 7.99. The number of carbonyl (C=O) groups is 1. The van der Waals surface area contributed by atoms with Crippen LogP contribution in [0.3, 0.4) is 0 Å². The second kappa shape index (κ2) is 8.24. The summed E-state index contributed by atoms with van der Waals surface area (Å²) in [6, 6.07) is 5.90. The summed E-state index contributed by atoms with van der Waals surface area (Å²) in [4.78, 5) is 21.0. The third kappa shape index (κ3) is 4.00. The van der Waals surface area contributed by atoms with Crippen LogP contribution in [0.25, 0.3) is 11.3 Å². The molecule has 3 heterocycles. The fourth-order valence-corrected chi connectivity index (χ4v) is 4.46. The van der Waals surface area contributed by atoms with Gasteiger partial charge in [0, 0.05) is 17.5 Å². The van der Waals surface area contributed by atoms with Crippen LogP contribution in [0.2, 0.25) is 0 Å². The minimum Gasteiger partial charge on any atom is -0.486 e. The van der Waals surface area contributed by atoms with E-state index in [9.17, 15) is 4.79 Å². The maximum Gasteiger partial charge on any atom is 0.236 e. The zero-order chi connectivity index (χ0) is 19.5. The third-order valence-electron chi connectivity index (χ3n) is 4.17. The zero-order valence-corrected chi connectivity index (χ0v) is 17.2. The maximum atomic E-state index is 12.2. The van der Waals surface area contributed by atoms with E-state index in [4.69, 9.17) is 9.47 Å².